The monoisotopic (exact) mass is 339 g/mol. The molecule has 2 unspecified atom stereocenters. The van der Waals surface area contributed by atoms with E-state index >= 15 is 0 Å². The Labute approximate surface area is 142 Å². The van der Waals surface area contributed by atoms with E-state index in [0.717, 1.165) is 25.6 Å². The Kier molecular flexibility index (Phi) is 5.48. The van der Waals surface area contributed by atoms with Crippen molar-refractivity contribution < 1.29 is 13.6 Å². The maximum absolute atomic E-state index is 13.9. The number of rotatable bonds is 3. The van der Waals surface area contributed by atoms with Gasteiger partial charge in [0.2, 0.25) is 0 Å². The molecule has 1 fully saturated rings. The van der Waals surface area contributed by atoms with Crippen LogP contribution >= 0.6 is 0 Å². The van der Waals surface area contributed by atoms with E-state index in [0.29, 0.717) is 0 Å². The quantitative estimate of drug-likeness (QED) is 0.916. The van der Waals surface area contributed by atoms with Gasteiger partial charge in [-0.3, -0.25) is 0 Å². The molecule has 1 aromatic rings. The molecule has 1 N–H and O–H groups in total. The van der Waals surface area contributed by atoms with Gasteiger partial charge in [0.1, 0.15) is 0 Å². The molecule has 2 atom stereocenters. The van der Waals surface area contributed by atoms with E-state index in [1.54, 1.807) is 18.9 Å². The molecule has 2 rings (SSSR count). The summed E-state index contributed by atoms with van der Waals surface area (Å²) in [6.07, 6.45) is 0.885. The molecule has 0 aliphatic carbocycles. The fraction of sp³-hybridized carbons (Fsp3) is 0.611. The second-order valence-electron chi connectivity index (χ2n) is 7.46. The Morgan fingerprint density at radius 2 is 2.08 bits per heavy atom. The summed E-state index contributed by atoms with van der Waals surface area (Å²) in [5.41, 5.74) is 0.117. The predicted octanol–water partition coefficient (Wildman–Crippen LogP) is 3.40. The Balaban J connectivity index is 2.07. The van der Waals surface area contributed by atoms with Crippen molar-refractivity contribution in [1.29, 1.82) is 0 Å². The minimum absolute atomic E-state index is 0.0353. The van der Waals surface area contributed by atoms with Crippen molar-refractivity contribution in [2.45, 2.75) is 39.3 Å². The van der Waals surface area contributed by atoms with Gasteiger partial charge < -0.3 is 15.1 Å². The van der Waals surface area contributed by atoms with Crippen LogP contribution in [0, 0.1) is 17.0 Å². The van der Waals surface area contributed by atoms with Gasteiger partial charge in [-0.25, -0.2) is 13.6 Å². The largest absolute Gasteiger partial charge is 0.331 e. The van der Waals surface area contributed by atoms with Crippen LogP contribution in [0.3, 0.4) is 0 Å². The lowest BCUT2D eigenvalue weighted by Gasteiger charge is -2.47. The fourth-order valence-corrected chi connectivity index (χ4v) is 3.69. The van der Waals surface area contributed by atoms with Crippen molar-refractivity contribution >= 4 is 6.03 Å². The lowest BCUT2D eigenvalue weighted by Crippen LogP contribution is -2.57. The average molecular weight is 339 g/mol. The highest BCUT2D eigenvalue weighted by atomic mass is 19.2. The number of halogens is 2. The van der Waals surface area contributed by atoms with Gasteiger partial charge in [0.25, 0.3) is 0 Å². The second-order valence-corrected chi connectivity index (χ2v) is 7.46. The van der Waals surface area contributed by atoms with Gasteiger partial charge in [0.15, 0.2) is 11.6 Å². The Hall–Kier alpha value is -1.69. The SMILES string of the molecule is CC(NC(=O)N(C)C1CCN(C)CC1(C)C)c1cccc(F)c1F. The molecule has 0 spiro atoms. The minimum atomic E-state index is -0.910. The molecule has 134 valence electrons. The molecule has 0 radical (unpaired) electrons. The van der Waals surface area contributed by atoms with E-state index in [9.17, 15) is 13.6 Å². The number of hydrogen-bond acceptors (Lipinski definition) is 2. The number of carbonyl (C=O) groups is 1. The summed E-state index contributed by atoms with van der Waals surface area (Å²) < 4.78 is 27.2. The van der Waals surface area contributed by atoms with Gasteiger partial charge in [-0.05, 0) is 38.4 Å². The molecule has 1 aromatic carbocycles. The van der Waals surface area contributed by atoms with Gasteiger partial charge in [0, 0.05) is 25.2 Å². The number of amides is 2. The third kappa shape index (κ3) is 3.86. The first-order valence-electron chi connectivity index (χ1n) is 8.29. The lowest BCUT2D eigenvalue weighted by atomic mass is 9.78. The highest BCUT2D eigenvalue weighted by Crippen LogP contribution is 2.32. The Morgan fingerprint density at radius 3 is 2.71 bits per heavy atom. The van der Waals surface area contributed by atoms with E-state index in [2.05, 4.69) is 31.1 Å². The number of likely N-dealkylation sites (tertiary alicyclic amines) is 1. The molecule has 2 amide bonds. The number of nitrogens with one attached hydrogen (secondary N) is 1. The third-order valence-electron chi connectivity index (χ3n) is 4.94. The zero-order valence-corrected chi connectivity index (χ0v) is 15.1. The number of hydrogen-bond donors (Lipinski definition) is 1. The molecule has 0 saturated carbocycles. The van der Waals surface area contributed by atoms with Gasteiger partial charge in [-0.1, -0.05) is 26.0 Å². The normalized spacial score (nSPS) is 22.0. The summed E-state index contributed by atoms with van der Waals surface area (Å²) in [5.74, 6) is -1.81. The number of nitrogens with zero attached hydrogens (tertiary/aromatic N) is 2. The zero-order valence-electron chi connectivity index (χ0n) is 15.1. The summed E-state index contributed by atoms with van der Waals surface area (Å²) >= 11 is 0. The summed E-state index contributed by atoms with van der Waals surface area (Å²) in [6, 6.07) is 3.22. The first-order chi connectivity index (χ1) is 11.1. The topological polar surface area (TPSA) is 35.6 Å². The molecular formula is C18H27F2N3O. The molecule has 1 heterocycles. The molecule has 6 heteroatoms. The van der Waals surface area contributed by atoms with Crippen LogP contribution in [0.1, 0.15) is 38.8 Å². The van der Waals surface area contributed by atoms with Crippen molar-refractivity contribution in [2.24, 2.45) is 5.41 Å². The Bertz CT molecular complexity index is 606. The molecular weight excluding hydrogens is 312 g/mol. The van der Waals surface area contributed by atoms with E-state index < -0.39 is 17.7 Å². The van der Waals surface area contributed by atoms with Crippen LogP contribution in [0.2, 0.25) is 0 Å². The number of piperidine rings is 1. The van der Waals surface area contributed by atoms with Crippen molar-refractivity contribution in [3.05, 3.63) is 35.4 Å². The second kappa shape index (κ2) is 7.05. The fourth-order valence-electron chi connectivity index (χ4n) is 3.69. The van der Waals surface area contributed by atoms with Crippen molar-refractivity contribution in [3.8, 4) is 0 Å². The van der Waals surface area contributed by atoms with Crippen LogP contribution in [0.25, 0.3) is 0 Å². The van der Waals surface area contributed by atoms with Gasteiger partial charge in [-0.15, -0.1) is 0 Å². The van der Waals surface area contributed by atoms with Crippen LogP contribution in [0.4, 0.5) is 13.6 Å². The molecule has 1 aliphatic rings. The minimum Gasteiger partial charge on any atom is -0.331 e. The van der Waals surface area contributed by atoms with Crippen molar-refractivity contribution in [3.63, 3.8) is 0 Å². The van der Waals surface area contributed by atoms with E-state index in [4.69, 9.17) is 0 Å². The maximum Gasteiger partial charge on any atom is 0.317 e. The smallest absolute Gasteiger partial charge is 0.317 e. The van der Waals surface area contributed by atoms with E-state index in [-0.39, 0.29) is 23.1 Å². The molecule has 0 aromatic heterocycles. The number of carbonyl (C=O) groups excluding carboxylic acids is 1. The molecule has 24 heavy (non-hydrogen) atoms. The average Bonchev–Trinajstić information content (AvgIpc) is 2.48. The summed E-state index contributed by atoms with van der Waals surface area (Å²) in [4.78, 5) is 16.5. The standard InChI is InChI=1S/C18H27F2N3O/c1-12(13-7-6-8-14(19)16(13)20)21-17(24)23(5)15-9-10-22(4)11-18(15,2)3/h6-8,12,15H,9-11H2,1-5H3,(H,21,24). The lowest BCUT2D eigenvalue weighted by molar-refractivity contribution is 0.0445. The Morgan fingerprint density at radius 1 is 1.42 bits per heavy atom. The maximum atomic E-state index is 13.9. The first-order valence-corrected chi connectivity index (χ1v) is 8.29. The molecule has 1 aliphatic heterocycles. The van der Waals surface area contributed by atoms with E-state index in [1.165, 1.54) is 12.1 Å². The van der Waals surface area contributed by atoms with Crippen molar-refractivity contribution in [1.82, 2.24) is 15.1 Å². The van der Waals surface area contributed by atoms with Crippen LogP contribution in [-0.4, -0.2) is 49.1 Å². The van der Waals surface area contributed by atoms with Crippen molar-refractivity contribution in [2.75, 3.05) is 27.2 Å². The van der Waals surface area contributed by atoms with Gasteiger partial charge >= 0.3 is 6.03 Å². The summed E-state index contributed by atoms with van der Waals surface area (Å²) in [7, 11) is 3.84. The first kappa shape index (κ1) is 18.6. The molecule has 1 saturated heterocycles. The molecule has 4 nitrogen and oxygen atoms in total. The number of benzene rings is 1. The summed E-state index contributed by atoms with van der Waals surface area (Å²) in [6.45, 7) is 7.78. The zero-order chi connectivity index (χ0) is 18.1. The van der Waals surface area contributed by atoms with Crippen LogP contribution < -0.4 is 5.32 Å². The van der Waals surface area contributed by atoms with Crippen LogP contribution in [0.15, 0.2) is 18.2 Å². The van der Waals surface area contributed by atoms with E-state index in [1.807, 2.05) is 0 Å². The molecule has 0 bridgehead atoms. The number of urea groups is 1. The predicted molar refractivity (Wildman–Crippen MR) is 90.8 cm³/mol. The van der Waals surface area contributed by atoms with Crippen LogP contribution in [0.5, 0.6) is 0 Å². The van der Waals surface area contributed by atoms with Gasteiger partial charge in [-0.2, -0.15) is 0 Å². The van der Waals surface area contributed by atoms with Crippen LogP contribution in [-0.2, 0) is 0 Å². The highest BCUT2D eigenvalue weighted by molar-refractivity contribution is 5.75. The highest BCUT2D eigenvalue weighted by Gasteiger charge is 2.39. The van der Waals surface area contributed by atoms with Gasteiger partial charge in [0.05, 0.1) is 6.04 Å². The third-order valence-corrected chi connectivity index (χ3v) is 4.94. The summed E-state index contributed by atoms with van der Waals surface area (Å²) in [5, 5.41) is 2.78.